The van der Waals surface area contributed by atoms with Crippen molar-refractivity contribution in [1.29, 1.82) is 0 Å². The minimum absolute atomic E-state index is 0.182. The van der Waals surface area contributed by atoms with Gasteiger partial charge >= 0.3 is 0 Å². The SMILES string of the molecule is CC(=O)N1N=C(c2ccccc2Br)OC1c1ccncc1. The summed E-state index contributed by atoms with van der Waals surface area (Å²) in [6.07, 6.45) is 2.76. The summed E-state index contributed by atoms with van der Waals surface area (Å²) in [6.45, 7) is 1.46. The quantitative estimate of drug-likeness (QED) is 0.840. The summed E-state index contributed by atoms with van der Waals surface area (Å²) >= 11 is 3.47. The molecule has 0 aliphatic carbocycles. The Bertz CT molecular complexity index is 703. The molecule has 1 unspecified atom stereocenters. The summed E-state index contributed by atoms with van der Waals surface area (Å²) in [7, 11) is 0. The highest BCUT2D eigenvalue weighted by Gasteiger charge is 2.33. The van der Waals surface area contributed by atoms with Crippen molar-refractivity contribution >= 4 is 27.7 Å². The summed E-state index contributed by atoms with van der Waals surface area (Å²) < 4.78 is 6.75. The fourth-order valence-corrected chi connectivity index (χ4v) is 2.51. The van der Waals surface area contributed by atoms with Crippen LogP contribution in [0.3, 0.4) is 0 Å². The second-order valence-electron chi connectivity index (χ2n) is 4.50. The van der Waals surface area contributed by atoms with Crippen LogP contribution in [0.1, 0.15) is 24.3 Å². The zero-order valence-corrected chi connectivity index (χ0v) is 12.8. The summed E-state index contributed by atoms with van der Waals surface area (Å²) in [5, 5.41) is 5.64. The van der Waals surface area contributed by atoms with Crippen molar-refractivity contribution in [2.45, 2.75) is 13.2 Å². The van der Waals surface area contributed by atoms with Gasteiger partial charge in [-0.3, -0.25) is 9.78 Å². The maximum Gasteiger partial charge on any atom is 0.243 e. The van der Waals surface area contributed by atoms with E-state index in [0.717, 1.165) is 15.6 Å². The largest absolute Gasteiger partial charge is 0.446 e. The van der Waals surface area contributed by atoms with E-state index in [-0.39, 0.29) is 5.91 Å². The van der Waals surface area contributed by atoms with Crippen LogP contribution in [0.2, 0.25) is 0 Å². The molecular formula is C15H12BrN3O2. The molecule has 1 amide bonds. The predicted molar refractivity (Wildman–Crippen MR) is 81.3 cm³/mol. The molecule has 21 heavy (non-hydrogen) atoms. The first kappa shape index (κ1) is 13.8. The molecule has 0 N–H and O–H groups in total. The fraction of sp³-hybridized carbons (Fsp3) is 0.133. The van der Waals surface area contributed by atoms with Gasteiger partial charge in [0.2, 0.25) is 18.0 Å². The first-order chi connectivity index (χ1) is 10.2. The second-order valence-corrected chi connectivity index (χ2v) is 5.35. The van der Waals surface area contributed by atoms with Gasteiger partial charge in [0.1, 0.15) is 0 Å². The summed E-state index contributed by atoms with van der Waals surface area (Å²) in [6, 6.07) is 11.2. The van der Waals surface area contributed by atoms with Crippen LogP contribution in [0.25, 0.3) is 0 Å². The van der Waals surface area contributed by atoms with E-state index in [1.807, 2.05) is 24.3 Å². The van der Waals surface area contributed by atoms with Crippen LogP contribution in [-0.4, -0.2) is 21.8 Å². The van der Waals surface area contributed by atoms with Crippen molar-refractivity contribution in [2.75, 3.05) is 0 Å². The molecule has 5 nitrogen and oxygen atoms in total. The number of aromatic nitrogens is 1. The van der Waals surface area contributed by atoms with Gasteiger partial charge in [-0.2, -0.15) is 5.01 Å². The van der Waals surface area contributed by atoms with Gasteiger partial charge in [-0.15, -0.1) is 5.10 Å². The molecule has 106 valence electrons. The van der Waals surface area contributed by atoms with Crippen molar-refractivity contribution < 1.29 is 9.53 Å². The standard InChI is InChI=1S/C15H12BrN3O2/c1-10(20)19-15(11-6-8-17-9-7-11)21-14(18-19)12-4-2-3-5-13(12)16/h2-9,15H,1H3. The van der Waals surface area contributed by atoms with Gasteiger partial charge in [0.25, 0.3) is 0 Å². The lowest BCUT2D eigenvalue weighted by atomic mass is 10.2. The number of amides is 1. The molecule has 2 heterocycles. The van der Waals surface area contributed by atoms with Crippen LogP contribution >= 0.6 is 15.9 Å². The van der Waals surface area contributed by atoms with Gasteiger partial charge in [-0.25, -0.2) is 0 Å². The number of nitrogens with zero attached hydrogens (tertiary/aromatic N) is 3. The van der Waals surface area contributed by atoms with Crippen molar-refractivity contribution in [3.8, 4) is 0 Å². The molecule has 0 fully saturated rings. The zero-order valence-electron chi connectivity index (χ0n) is 11.2. The Labute approximate surface area is 130 Å². The molecule has 6 heteroatoms. The fourth-order valence-electron chi connectivity index (χ4n) is 2.05. The monoisotopic (exact) mass is 345 g/mol. The van der Waals surface area contributed by atoms with Crippen molar-refractivity contribution in [1.82, 2.24) is 9.99 Å². The Kier molecular flexibility index (Phi) is 3.70. The summed E-state index contributed by atoms with van der Waals surface area (Å²) in [5.41, 5.74) is 1.63. The Morgan fingerprint density at radius 1 is 1.24 bits per heavy atom. The lowest BCUT2D eigenvalue weighted by Gasteiger charge is -2.18. The molecule has 0 spiro atoms. The highest BCUT2D eigenvalue weighted by Crippen LogP contribution is 2.31. The van der Waals surface area contributed by atoms with E-state index in [2.05, 4.69) is 26.0 Å². The van der Waals surface area contributed by atoms with E-state index in [9.17, 15) is 4.79 Å². The lowest BCUT2D eigenvalue weighted by Crippen LogP contribution is -2.25. The number of carbonyl (C=O) groups excluding carboxylic acids is 1. The van der Waals surface area contributed by atoms with E-state index >= 15 is 0 Å². The van der Waals surface area contributed by atoms with E-state index in [1.54, 1.807) is 24.5 Å². The van der Waals surface area contributed by atoms with Crippen LogP contribution in [0.5, 0.6) is 0 Å². The average molecular weight is 346 g/mol. The molecule has 1 aliphatic rings. The van der Waals surface area contributed by atoms with Gasteiger partial charge < -0.3 is 4.74 Å². The number of carbonyl (C=O) groups is 1. The minimum Gasteiger partial charge on any atom is -0.446 e. The summed E-state index contributed by atoms with van der Waals surface area (Å²) in [5.74, 6) is 0.235. The topological polar surface area (TPSA) is 54.8 Å². The zero-order chi connectivity index (χ0) is 14.8. The molecule has 1 aliphatic heterocycles. The minimum atomic E-state index is -0.562. The van der Waals surface area contributed by atoms with Crippen LogP contribution in [0.4, 0.5) is 0 Å². The number of hydrogen-bond donors (Lipinski definition) is 0. The third-order valence-electron chi connectivity index (χ3n) is 3.06. The molecule has 0 saturated heterocycles. The van der Waals surface area contributed by atoms with Crippen molar-refractivity contribution in [2.24, 2.45) is 5.10 Å². The number of benzene rings is 1. The van der Waals surface area contributed by atoms with Gasteiger partial charge in [0.15, 0.2) is 0 Å². The highest BCUT2D eigenvalue weighted by molar-refractivity contribution is 9.10. The molecule has 0 bridgehead atoms. The van der Waals surface area contributed by atoms with Gasteiger partial charge in [-0.05, 0) is 40.2 Å². The first-order valence-corrected chi connectivity index (χ1v) is 7.16. The van der Waals surface area contributed by atoms with Gasteiger partial charge in [-0.1, -0.05) is 12.1 Å². The molecular weight excluding hydrogens is 334 g/mol. The number of hydrazone groups is 1. The smallest absolute Gasteiger partial charge is 0.243 e. The highest BCUT2D eigenvalue weighted by atomic mass is 79.9. The number of pyridine rings is 1. The predicted octanol–water partition coefficient (Wildman–Crippen LogP) is 3.08. The van der Waals surface area contributed by atoms with Gasteiger partial charge in [0.05, 0.1) is 5.56 Å². The molecule has 1 aromatic heterocycles. The maximum absolute atomic E-state index is 11.8. The number of ether oxygens (including phenoxy) is 1. The van der Waals surface area contributed by atoms with Crippen LogP contribution < -0.4 is 0 Å². The maximum atomic E-state index is 11.8. The van der Waals surface area contributed by atoms with Crippen LogP contribution in [-0.2, 0) is 9.53 Å². The average Bonchev–Trinajstić information content (AvgIpc) is 2.94. The molecule has 1 aromatic carbocycles. The van der Waals surface area contributed by atoms with Crippen LogP contribution in [0.15, 0.2) is 58.4 Å². The normalized spacial score (nSPS) is 17.3. The summed E-state index contributed by atoms with van der Waals surface area (Å²) in [4.78, 5) is 15.8. The van der Waals surface area contributed by atoms with E-state index < -0.39 is 6.23 Å². The Balaban J connectivity index is 1.98. The second kappa shape index (κ2) is 5.65. The molecule has 0 radical (unpaired) electrons. The van der Waals surface area contributed by atoms with Crippen LogP contribution in [0, 0.1) is 0 Å². The van der Waals surface area contributed by atoms with Crippen molar-refractivity contribution in [3.05, 3.63) is 64.4 Å². The Hall–Kier alpha value is -2.21. The third-order valence-corrected chi connectivity index (χ3v) is 3.75. The van der Waals surface area contributed by atoms with Crippen molar-refractivity contribution in [3.63, 3.8) is 0 Å². The molecule has 0 saturated carbocycles. The van der Waals surface area contributed by atoms with E-state index in [4.69, 9.17) is 4.74 Å². The molecule has 1 atom stereocenters. The molecule has 2 aromatic rings. The van der Waals surface area contributed by atoms with E-state index in [1.165, 1.54) is 11.9 Å². The first-order valence-electron chi connectivity index (χ1n) is 6.36. The number of halogens is 1. The molecule has 3 rings (SSSR count). The van der Waals surface area contributed by atoms with Gasteiger partial charge in [0, 0.05) is 29.4 Å². The number of rotatable bonds is 2. The van der Waals surface area contributed by atoms with E-state index in [0.29, 0.717) is 5.90 Å². The third kappa shape index (κ3) is 2.67. The number of hydrogen-bond acceptors (Lipinski definition) is 4. The Morgan fingerprint density at radius 2 is 1.95 bits per heavy atom. The Morgan fingerprint density at radius 3 is 2.62 bits per heavy atom. The lowest BCUT2D eigenvalue weighted by molar-refractivity contribution is -0.135.